The van der Waals surface area contributed by atoms with E-state index >= 15 is 0 Å². The highest BCUT2D eigenvalue weighted by Gasteiger charge is 2.23. The van der Waals surface area contributed by atoms with Gasteiger partial charge in [0.2, 0.25) is 0 Å². The van der Waals surface area contributed by atoms with E-state index < -0.39 is 0 Å². The number of rotatable bonds is 6. The molecule has 3 heteroatoms. The van der Waals surface area contributed by atoms with E-state index in [-0.39, 0.29) is 0 Å². The van der Waals surface area contributed by atoms with Gasteiger partial charge in [-0.3, -0.25) is 0 Å². The Balaban J connectivity index is 1.22. The molecule has 0 aliphatic heterocycles. The van der Waals surface area contributed by atoms with E-state index in [0.29, 0.717) is 0 Å². The number of hydrogen-bond acceptors (Lipinski definition) is 2. The van der Waals surface area contributed by atoms with Gasteiger partial charge in [0.1, 0.15) is 5.58 Å². The van der Waals surface area contributed by atoms with Gasteiger partial charge in [0, 0.05) is 44.3 Å². The fourth-order valence-electron chi connectivity index (χ4n) is 7.65. The van der Waals surface area contributed by atoms with E-state index in [1.165, 1.54) is 27.5 Å². The molecule has 0 fully saturated rings. The molecule has 0 unspecified atom stereocenters. The summed E-state index contributed by atoms with van der Waals surface area (Å²) in [6.07, 6.45) is 0. The lowest BCUT2D eigenvalue weighted by Crippen LogP contribution is -2.09. The molecule has 0 N–H and O–H groups in total. The Labute approximate surface area is 295 Å². The third kappa shape index (κ3) is 4.82. The zero-order valence-electron chi connectivity index (χ0n) is 27.8. The van der Waals surface area contributed by atoms with Crippen molar-refractivity contribution in [2.75, 3.05) is 4.90 Å². The molecular formula is C48H32N2O. The van der Waals surface area contributed by atoms with E-state index in [1.807, 2.05) is 6.07 Å². The van der Waals surface area contributed by atoms with Gasteiger partial charge in [-0.2, -0.15) is 0 Å². The minimum absolute atomic E-state index is 0.888. The quantitative estimate of drug-likeness (QED) is 0.178. The summed E-state index contributed by atoms with van der Waals surface area (Å²) in [4.78, 5) is 2.30. The molecule has 240 valence electrons. The van der Waals surface area contributed by atoms with Crippen molar-refractivity contribution in [2.24, 2.45) is 0 Å². The van der Waals surface area contributed by atoms with Crippen molar-refractivity contribution >= 4 is 60.8 Å². The second-order valence-corrected chi connectivity index (χ2v) is 12.9. The van der Waals surface area contributed by atoms with E-state index in [9.17, 15) is 0 Å². The van der Waals surface area contributed by atoms with Crippen LogP contribution in [0.5, 0.6) is 0 Å². The fourth-order valence-corrected chi connectivity index (χ4v) is 7.65. The topological polar surface area (TPSA) is 21.3 Å². The summed E-state index contributed by atoms with van der Waals surface area (Å²) in [5.74, 6) is 0. The smallest absolute Gasteiger partial charge is 0.160 e. The summed E-state index contributed by atoms with van der Waals surface area (Å²) in [5, 5.41) is 4.59. The molecule has 0 spiro atoms. The fraction of sp³-hybridized carbons (Fsp3) is 0. The van der Waals surface area contributed by atoms with Crippen LogP contribution >= 0.6 is 0 Å². The molecule has 3 nitrogen and oxygen atoms in total. The third-order valence-corrected chi connectivity index (χ3v) is 9.98. The maximum atomic E-state index is 6.76. The highest BCUT2D eigenvalue weighted by atomic mass is 16.3. The second-order valence-electron chi connectivity index (χ2n) is 12.9. The molecule has 0 bridgehead atoms. The van der Waals surface area contributed by atoms with Gasteiger partial charge in [-0.25, -0.2) is 0 Å². The van der Waals surface area contributed by atoms with Crippen LogP contribution in [0.1, 0.15) is 0 Å². The maximum Gasteiger partial charge on any atom is 0.160 e. The number of para-hydroxylation sites is 4. The molecule has 0 atom stereocenters. The first kappa shape index (κ1) is 29.1. The zero-order chi connectivity index (χ0) is 33.7. The lowest BCUT2D eigenvalue weighted by atomic mass is 9.96. The van der Waals surface area contributed by atoms with Gasteiger partial charge < -0.3 is 13.9 Å². The summed E-state index contributed by atoms with van der Waals surface area (Å²) < 4.78 is 9.15. The Morgan fingerprint density at radius 2 is 0.941 bits per heavy atom. The standard InChI is InChI=1S/C48H32N2O/c1-4-14-33(15-5-1)34-24-28-39(29-25-34)50-44-22-12-10-21-41(44)46-42(32-43-40-20-11-13-23-45(40)51-48(43)47(46)50)35-26-30-38(31-27-35)49(36-16-6-2-7-17-36)37-18-8-3-9-19-37/h1-32H. The second kappa shape index (κ2) is 11.9. The lowest BCUT2D eigenvalue weighted by Gasteiger charge is -2.25. The van der Waals surface area contributed by atoms with Crippen LogP contribution in [0.3, 0.4) is 0 Å². The van der Waals surface area contributed by atoms with Gasteiger partial charge in [-0.15, -0.1) is 0 Å². The average molecular weight is 653 g/mol. The van der Waals surface area contributed by atoms with Crippen molar-refractivity contribution < 1.29 is 4.42 Å². The molecule has 10 rings (SSSR count). The van der Waals surface area contributed by atoms with Crippen LogP contribution in [0.25, 0.3) is 71.7 Å². The van der Waals surface area contributed by atoms with Crippen LogP contribution < -0.4 is 4.90 Å². The number of fused-ring (bicyclic) bond motifs is 7. The van der Waals surface area contributed by atoms with Crippen molar-refractivity contribution in [2.45, 2.75) is 0 Å². The first-order chi connectivity index (χ1) is 25.3. The Hall–Kier alpha value is -6.84. The van der Waals surface area contributed by atoms with Crippen LogP contribution in [0.15, 0.2) is 199 Å². The van der Waals surface area contributed by atoms with Crippen molar-refractivity contribution in [3.05, 3.63) is 194 Å². The molecule has 10 aromatic rings. The van der Waals surface area contributed by atoms with E-state index in [2.05, 4.69) is 198 Å². The summed E-state index contributed by atoms with van der Waals surface area (Å²) in [6.45, 7) is 0. The van der Waals surface area contributed by atoms with Crippen LogP contribution in [0.4, 0.5) is 17.1 Å². The SMILES string of the molecule is c1ccc(-c2ccc(-n3c4ccccc4c4c(-c5ccc(N(c6ccccc6)c6ccccc6)cc5)cc5c6ccccc6oc5c43)cc2)cc1. The number of anilines is 3. The van der Waals surface area contributed by atoms with E-state index in [0.717, 1.165) is 61.3 Å². The number of nitrogens with zero attached hydrogens (tertiary/aromatic N) is 2. The van der Waals surface area contributed by atoms with Gasteiger partial charge in [0.05, 0.1) is 11.0 Å². The molecule has 0 aliphatic carbocycles. The van der Waals surface area contributed by atoms with Gasteiger partial charge >= 0.3 is 0 Å². The van der Waals surface area contributed by atoms with Crippen LogP contribution in [-0.2, 0) is 0 Å². The van der Waals surface area contributed by atoms with E-state index in [1.54, 1.807) is 0 Å². The van der Waals surface area contributed by atoms with E-state index in [4.69, 9.17) is 4.42 Å². The Bertz CT molecular complexity index is 2780. The van der Waals surface area contributed by atoms with Gasteiger partial charge in [0.25, 0.3) is 0 Å². The van der Waals surface area contributed by atoms with Crippen molar-refractivity contribution in [1.82, 2.24) is 4.57 Å². The first-order valence-corrected chi connectivity index (χ1v) is 17.4. The molecule has 0 saturated carbocycles. The molecule has 2 aromatic heterocycles. The minimum Gasteiger partial charge on any atom is -0.454 e. The molecule has 0 saturated heterocycles. The maximum absolute atomic E-state index is 6.76. The zero-order valence-corrected chi connectivity index (χ0v) is 27.8. The number of furan rings is 1. The van der Waals surface area contributed by atoms with Crippen molar-refractivity contribution in [3.8, 4) is 27.9 Å². The summed E-state index contributed by atoms with van der Waals surface area (Å²) in [6, 6.07) is 69.0. The molecule has 0 aliphatic rings. The summed E-state index contributed by atoms with van der Waals surface area (Å²) in [5.41, 5.74) is 13.2. The van der Waals surface area contributed by atoms with Crippen molar-refractivity contribution in [3.63, 3.8) is 0 Å². The number of aromatic nitrogens is 1. The van der Waals surface area contributed by atoms with Gasteiger partial charge in [0.15, 0.2) is 5.58 Å². The largest absolute Gasteiger partial charge is 0.454 e. The molecular weight excluding hydrogens is 621 g/mol. The van der Waals surface area contributed by atoms with Crippen LogP contribution in [0.2, 0.25) is 0 Å². The van der Waals surface area contributed by atoms with Gasteiger partial charge in [-0.1, -0.05) is 127 Å². The monoisotopic (exact) mass is 652 g/mol. The Morgan fingerprint density at radius 3 is 1.63 bits per heavy atom. The predicted molar refractivity (Wildman–Crippen MR) is 214 cm³/mol. The highest BCUT2D eigenvalue weighted by Crippen LogP contribution is 2.46. The minimum atomic E-state index is 0.888. The molecule has 8 aromatic carbocycles. The van der Waals surface area contributed by atoms with Crippen LogP contribution in [-0.4, -0.2) is 4.57 Å². The third-order valence-electron chi connectivity index (χ3n) is 9.98. The lowest BCUT2D eigenvalue weighted by molar-refractivity contribution is 0.671. The van der Waals surface area contributed by atoms with Gasteiger partial charge in [-0.05, 0) is 89.0 Å². The number of benzene rings is 8. The molecule has 0 radical (unpaired) electrons. The normalized spacial score (nSPS) is 11.5. The average Bonchev–Trinajstić information content (AvgIpc) is 3.76. The number of hydrogen-bond donors (Lipinski definition) is 0. The summed E-state index contributed by atoms with van der Waals surface area (Å²) >= 11 is 0. The highest BCUT2D eigenvalue weighted by molar-refractivity contribution is 6.26. The molecule has 51 heavy (non-hydrogen) atoms. The Morgan fingerprint density at radius 1 is 0.412 bits per heavy atom. The Kier molecular flexibility index (Phi) is 6.81. The van der Waals surface area contributed by atoms with Crippen molar-refractivity contribution in [1.29, 1.82) is 0 Å². The summed E-state index contributed by atoms with van der Waals surface area (Å²) in [7, 11) is 0. The molecule has 0 amide bonds. The predicted octanol–water partition coefficient (Wildman–Crippen LogP) is 13.5. The first-order valence-electron chi connectivity index (χ1n) is 17.4. The van der Waals surface area contributed by atoms with Crippen LogP contribution in [0, 0.1) is 0 Å². The molecule has 2 heterocycles.